The van der Waals surface area contributed by atoms with Crippen LogP contribution in [0.15, 0.2) is 24.3 Å². The highest BCUT2D eigenvalue weighted by atomic mass is 32.2. The molecule has 6 heteroatoms. The van der Waals surface area contributed by atoms with Gasteiger partial charge >= 0.3 is 0 Å². The average molecular weight is 296 g/mol. The van der Waals surface area contributed by atoms with Crippen LogP contribution in [-0.4, -0.2) is 32.2 Å². The molecule has 5 nitrogen and oxygen atoms in total. The second kappa shape index (κ2) is 5.09. The molecular weight excluding hydrogens is 276 g/mol. The summed E-state index contributed by atoms with van der Waals surface area (Å²) in [4.78, 5) is 12.0. The minimum Gasteiger partial charge on any atom is -0.347 e. The number of hydrogen-bond acceptors (Lipinski definition) is 3. The van der Waals surface area contributed by atoms with E-state index in [2.05, 4.69) is 5.32 Å². The topological polar surface area (TPSA) is 66.5 Å². The van der Waals surface area contributed by atoms with E-state index < -0.39 is 10.0 Å². The summed E-state index contributed by atoms with van der Waals surface area (Å²) in [5, 5.41) is 2.87. The van der Waals surface area contributed by atoms with Crippen molar-refractivity contribution in [2.24, 2.45) is 0 Å². The fraction of sp³-hybridized carbons (Fsp3) is 0.500. The zero-order valence-corrected chi connectivity index (χ0v) is 12.8. The Morgan fingerprint density at radius 1 is 1.20 bits per heavy atom. The van der Waals surface area contributed by atoms with Crippen molar-refractivity contribution in [1.29, 1.82) is 0 Å². The van der Waals surface area contributed by atoms with Crippen molar-refractivity contribution < 1.29 is 13.2 Å². The van der Waals surface area contributed by atoms with Gasteiger partial charge in [-0.05, 0) is 51.5 Å². The molecule has 110 valence electrons. The van der Waals surface area contributed by atoms with Crippen LogP contribution < -0.4 is 9.62 Å². The molecule has 1 amide bonds. The minimum atomic E-state index is -3.17. The Kier molecular flexibility index (Phi) is 3.77. The summed E-state index contributed by atoms with van der Waals surface area (Å²) < 4.78 is 25.0. The molecule has 1 heterocycles. The molecule has 1 aromatic rings. The van der Waals surface area contributed by atoms with Gasteiger partial charge in [0, 0.05) is 17.6 Å². The highest BCUT2D eigenvalue weighted by Gasteiger charge is 2.28. The molecule has 1 N–H and O–H groups in total. The fourth-order valence-electron chi connectivity index (χ4n) is 2.12. The highest BCUT2D eigenvalue weighted by Crippen LogP contribution is 2.24. The van der Waals surface area contributed by atoms with Crippen LogP contribution in [0.1, 0.15) is 37.6 Å². The van der Waals surface area contributed by atoms with E-state index in [0.29, 0.717) is 24.2 Å². The zero-order chi connectivity index (χ0) is 15.0. The molecule has 0 saturated carbocycles. The number of amides is 1. The first-order valence-electron chi connectivity index (χ1n) is 6.62. The van der Waals surface area contributed by atoms with E-state index in [-0.39, 0.29) is 17.2 Å². The number of anilines is 1. The Balaban J connectivity index is 2.17. The Morgan fingerprint density at radius 2 is 1.80 bits per heavy atom. The van der Waals surface area contributed by atoms with Crippen molar-refractivity contribution in [2.75, 3.05) is 16.6 Å². The maximum atomic E-state index is 12.0. The monoisotopic (exact) mass is 296 g/mol. The van der Waals surface area contributed by atoms with Gasteiger partial charge in [-0.1, -0.05) is 0 Å². The van der Waals surface area contributed by atoms with Gasteiger partial charge in [0.05, 0.1) is 11.4 Å². The molecule has 0 radical (unpaired) electrons. The van der Waals surface area contributed by atoms with Crippen LogP contribution in [0.4, 0.5) is 5.69 Å². The lowest BCUT2D eigenvalue weighted by Crippen LogP contribution is -2.40. The van der Waals surface area contributed by atoms with E-state index in [4.69, 9.17) is 0 Å². The second-order valence-corrected chi connectivity index (χ2v) is 8.01. The van der Waals surface area contributed by atoms with Gasteiger partial charge in [0.2, 0.25) is 10.0 Å². The molecule has 1 fully saturated rings. The first kappa shape index (κ1) is 14.8. The van der Waals surface area contributed by atoms with Crippen molar-refractivity contribution in [3.05, 3.63) is 29.8 Å². The van der Waals surface area contributed by atoms with Crippen LogP contribution >= 0.6 is 0 Å². The van der Waals surface area contributed by atoms with Gasteiger partial charge in [-0.15, -0.1) is 0 Å². The lowest BCUT2D eigenvalue weighted by Gasteiger charge is -2.21. The minimum absolute atomic E-state index is 0.159. The van der Waals surface area contributed by atoms with Gasteiger partial charge < -0.3 is 5.32 Å². The predicted molar refractivity (Wildman–Crippen MR) is 79.4 cm³/mol. The third-order valence-corrected chi connectivity index (χ3v) is 4.87. The first-order valence-corrected chi connectivity index (χ1v) is 8.23. The SMILES string of the molecule is CC(C)(C)NC(=O)c1ccc(N2CCCS2(=O)=O)cc1. The quantitative estimate of drug-likeness (QED) is 0.904. The van der Waals surface area contributed by atoms with Crippen molar-refractivity contribution in [1.82, 2.24) is 5.32 Å². The lowest BCUT2D eigenvalue weighted by atomic mass is 10.1. The lowest BCUT2D eigenvalue weighted by molar-refractivity contribution is 0.0919. The van der Waals surface area contributed by atoms with E-state index in [9.17, 15) is 13.2 Å². The van der Waals surface area contributed by atoms with Crippen LogP contribution in [0.25, 0.3) is 0 Å². The van der Waals surface area contributed by atoms with Crippen LogP contribution in [0.5, 0.6) is 0 Å². The number of sulfonamides is 1. The molecule has 20 heavy (non-hydrogen) atoms. The first-order chi connectivity index (χ1) is 9.19. The summed E-state index contributed by atoms with van der Waals surface area (Å²) in [5.41, 5.74) is 0.851. The van der Waals surface area contributed by atoms with Crippen LogP contribution in [0, 0.1) is 0 Å². The molecule has 0 aromatic heterocycles. The summed E-state index contributed by atoms with van der Waals surface area (Å²) >= 11 is 0. The van der Waals surface area contributed by atoms with Gasteiger partial charge in [0.15, 0.2) is 0 Å². The molecule has 1 aliphatic rings. The van der Waals surface area contributed by atoms with Crippen LogP contribution in [0.3, 0.4) is 0 Å². The predicted octanol–water partition coefficient (Wildman–Crippen LogP) is 1.75. The number of rotatable bonds is 2. The zero-order valence-electron chi connectivity index (χ0n) is 12.0. The highest BCUT2D eigenvalue weighted by molar-refractivity contribution is 7.93. The molecule has 0 bridgehead atoms. The number of carbonyl (C=O) groups is 1. The fourth-order valence-corrected chi connectivity index (χ4v) is 3.69. The molecule has 0 aliphatic carbocycles. The average Bonchev–Trinajstić information content (AvgIpc) is 2.67. The van der Waals surface area contributed by atoms with Gasteiger partial charge in [0.1, 0.15) is 0 Å². The molecule has 0 spiro atoms. The third kappa shape index (κ3) is 3.30. The molecule has 0 unspecified atom stereocenters. The summed E-state index contributed by atoms with van der Waals surface area (Å²) in [5.74, 6) is 0.0348. The molecule has 1 aromatic carbocycles. The second-order valence-electron chi connectivity index (χ2n) is 5.99. The maximum absolute atomic E-state index is 12.0. The normalized spacial score (nSPS) is 18.1. The van der Waals surface area contributed by atoms with Crippen LogP contribution in [-0.2, 0) is 10.0 Å². The molecule has 0 atom stereocenters. The van der Waals surface area contributed by atoms with Crippen molar-refractivity contribution in [3.8, 4) is 0 Å². The van der Waals surface area contributed by atoms with Gasteiger partial charge in [-0.3, -0.25) is 9.10 Å². The van der Waals surface area contributed by atoms with E-state index in [1.54, 1.807) is 24.3 Å². The summed E-state index contributed by atoms with van der Waals surface area (Å²) in [6.45, 7) is 6.25. The van der Waals surface area contributed by atoms with E-state index in [0.717, 1.165) is 0 Å². The van der Waals surface area contributed by atoms with Gasteiger partial charge in [0.25, 0.3) is 5.91 Å². The maximum Gasteiger partial charge on any atom is 0.251 e. The standard InChI is InChI=1S/C14H20N2O3S/c1-14(2,3)15-13(17)11-5-7-12(8-6-11)16-9-4-10-20(16,18)19/h5-8H,4,9-10H2,1-3H3,(H,15,17). The molecule has 1 saturated heterocycles. The Hall–Kier alpha value is -1.56. The molecule has 1 aliphatic heterocycles. The molecule has 2 rings (SSSR count). The number of carbonyl (C=O) groups excluding carboxylic acids is 1. The molecular formula is C14H20N2O3S. The smallest absolute Gasteiger partial charge is 0.251 e. The number of benzene rings is 1. The van der Waals surface area contributed by atoms with Crippen LogP contribution in [0.2, 0.25) is 0 Å². The van der Waals surface area contributed by atoms with Gasteiger partial charge in [-0.2, -0.15) is 0 Å². The van der Waals surface area contributed by atoms with E-state index >= 15 is 0 Å². The Bertz CT molecular complexity index is 600. The Morgan fingerprint density at radius 3 is 2.25 bits per heavy atom. The number of hydrogen-bond donors (Lipinski definition) is 1. The number of nitrogens with zero attached hydrogens (tertiary/aromatic N) is 1. The summed E-state index contributed by atoms with van der Waals surface area (Å²) in [7, 11) is -3.17. The largest absolute Gasteiger partial charge is 0.347 e. The van der Waals surface area contributed by atoms with Crippen molar-refractivity contribution >= 4 is 21.6 Å². The Labute approximate surface area is 120 Å². The summed E-state index contributed by atoms with van der Waals surface area (Å²) in [6, 6.07) is 6.68. The number of nitrogens with one attached hydrogen (secondary N) is 1. The van der Waals surface area contributed by atoms with Crippen molar-refractivity contribution in [2.45, 2.75) is 32.7 Å². The van der Waals surface area contributed by atoms with Gasteiger partial charge in [-0.25, -0.2) is 8.42 Å². The third-order valence-electron chi connectivity index (χ3n) is 3.01. The van der Waals surface area contributed by atoms with E-state index in [1.807, 2.05) is 20.8 Å². The summed E-state index contributed by atoms with van der Waals surface area (Å²) in [6.07, 6.45) is 0.647. The van der Waals surface area contributed by atoms with Crippen molar-refractivity contribution in [3.63, 3.8) is 0 Å². The van der Waals surface area contributed by atoms with E-state index in [1.165, 1.54) is 4.31 Å².